The molecule has 0 saturated carbocycles. The summed E-state index contributed by atoms with van der Waals surface area (Å²) < 4.78 is 14.9. The fourth-order valence-corrected chi connectivity index (χ4v) is 2.64. The van der Waals surface area contributed by atoms with Crippen LogP contribution in [-0.4, -0.2) is 43.6 Å². The van der Waals surface area contributed by atoms with Crippen LogP contribution in [0.1, 0.15) is 12.8 Å². The second-order valence-electron chi connectivity index (χ2n) is 5.00. The van der Waals surface area contributed by atoms with Gasteiger partial charge in [0.15, 0.2) is 0 Å². The summed E-state index contributed by atoms with van der Waals surface area (Å²) in [6, 6.07) is 10.00. The van der Waals surface area contributed by atoms with Crippen molar-refractivity contribution in [2.45, 2.75) is 23.8 Å². The van der Waals surface area contributed by atoms with Gasteiger partial charge >= 0.3 is 11.9 Å². The predicted octanol–water partition coefficient (Wildman–Crippen LogP) is 3.40. The molecule has 6 heteroatoms. The molecule has 1 heterocycles. The van der Waals surface area contributed by atoms with E-state index in [1.54, 1.807) is 11.8 Å². The van der Waals surface area contributed by atoms with Crippen molar-refractivity contribution >= 4 is 23.7 Å². The summed E-state index contributed by atoms with van der Waals surface area (Å²) in [5, 5.41) is 0. The van der Waals surface area contributed by atoms with E-state index in [9.17, 15) is 9.59 Å². The minimum Gasteiger partial charge on any atom is -0.462 e. The molecule has 5 nitrogen and oxygen atoms in total. The molecule has 1 aromatic carbocycles. The van der Waals surface area contributed by atoms with Crippen molar-refractivity contribution in [3.05, 3.63) is 55.6 Å². The average molecular weight is 364 g/mol. The Morgan fingerprint density at radius 2 is 1.84 bits per heavy atom. The highest BCUT2D eigenvalue weighted by Gasteiger charge is 2.16. The smallest absolute Gasteiger partial charge is 0.330 e. The Morgan fingerprint density at radius 3 is 2.44 bits per heavy atom. The lowest BCUT2D eigenvalue weighted by Crippen LogP contribution is -2.16. The summed E-state index contributed by atoms with van der Waals surface area (Å²) in [6.45, 7) is 8.18. The van der Waals surface area contributed by atoms with Crippen LogP contribution < -0.4 is 0 Å². The molecule has 25 heavy (non-hydrogen) atoms. The molecule has 0 radical (unpaired) electrons. The lowest BCUT2D eigenvalue weighted by Gasteiger charge is -2.07. The van der Waals surface area contributed by atoms with Crippen LogP contribution in [0.25, 0.3) is 0 Å². The Bertz CT molecular complexity index is 538. The quantitative estimate of drug-likeness (QED) is 0.305. The first-order valence-electron chi connectivity index (χ1n) is 8.03. The third kappa shape index (κ3) is 10.4. The molecule has 0 aromatic heterocycles. The van der Waals surface area contributed by atoms with Gasteiger partial charge in [0.1, 0.15) is 13.2 Å². The van der Waals surface area contributed by atoms with E-state index in [4.69, 9.17) is 14.2 Å². The van der Waals surface area contributed by atoms with Gasteiger partial charge in [-0.05, 0) is 25.0 Å². The average Bonchev–Trinajstić information content (AvgIpc) is 3.18. The van der Waals surface area contributed by atoms with Crippen molar-refractivity contribution in [3.8, 4) is 0 Å². The van der Waals surface area contributed by atoms with Crippen LogP contribution in [0.5, 0.6) is 0 Å². The second-order valence-corrected chi connectivity index (χ2v) is 6.17. The summed E-state index contributed by atoms with van der Waals surface area (Å²) in [4.78, 5) is 22.4. The number of ether oxygens (including phenoxy) is 3. The molecule has 1 unspecified atom stereocenters. The number of thioether (sulfide) groups is 1. The normalized spacial score (nSPS) is 15.4. The van der Waals surface area contributed by atoms with E-state index < -0.39 is 0 Å². The van der Waals surface area contributed by atoms with E-state index in [2.05, 4.69) is 13.2 Å². The van der Waals surface area contributed by atoms with Gasteiger partial charge in [0, 0.05) is 29.4 Å². The highest BCUT2D eigenvalue weighted by molar-refractivity contribution is 7.99. The molecule has 0 spiro atoms. The van der Waals surface area contributed by atoms with Crippen LogP contribution in [0.2, 0.25) is 0 Å². The zero-order chi connectivity index (χ0) is 18.3. The van der Waals surface area contributed by atoms with E-state index in [0.29, 0.717) is 13.2 Å². The first-order valence-corrected chi connectivity index (χ1v) is 9.02. The number of benzene rings is 1. The highest BCUT2D eigenvalue weighted by Crippen LogP contribution is 2.16. The number of carbonyl (C=O) groups excluding carboxylic acids is 2. The SMILES string of the molecule is C=CC(=O)OCC1CCCO1.C=CC(=O)OCCSc1ccccc1. The molecule has 1 atom stereocenters. The van der Waals surface area contributed by atoms with Crippen LogP contribution in [-0.2, 0) is 23.8 Å². The number of rotatable bonds is 8. The maximum Gasteiger partial charge on any atom is 0.330 e. The molecule has 1 aliphatic heterocycles. The monoisotopic (exact) mass is 364 g/mol. The Kier molecular flexibility index (Phi) is 11.1. The molecular formula is C19H24O5S. The largest absolute Gasteiger partial charge is 0.462 e. The van der Waals surface area contributed by atoms with Crippen molar-refractivity contribution in [2.24, 2.45) is 0 Å². The van der Waals surface area contributed by atoms with Gasteiger partial charge < -0.3 is 14.2 Å². The standard InChI is InChI=1S/C11H12O2S.C8H12O3/c1-2-11(12)13-8-9-14-10-6-4-3-5-7-10;1-2-8(9)11-6-7-4-3-5-10-7/h2-7H,1,8-9H2;2,7H,1,3-6H2. The highest BCUT2D eigenvalue weighted by atomic mass is 32.2. The van der Waals surface area contributed by atoms with E-state index in [1.165, 1.54) is 11.0 Å². The van der Waals surface area contributed by atoms with Crippen molar-refractivity contribution in [3.63, 3.8) is 0 Å². The molecule has 1 saturated heterocycles. The lowest BCUT2D eigenvalue weighted by molar-refractivity contribution is -0.141. The topological polar surface area (TPSA) is 61.8 Å². The fourth-order valence-electron chi connectivity index (χ4n) is 1.89. The molecule has 0 amide bonds. The van der Waals surface area contributed by atoms with Crippen LogP contribution in [0, 0.1) is 0 Å². The summed E-state index contributed by atoms with van der Waals surface area (Å²) in [6.07, 6.45) is 4.50. The van der Waals surface area contributed by atoms with Gasteiger partial charge in [0.2, 0.25) is 0 Å². The second kappa shape index (κ2) is 13.3. The third-order valence-electron chi connectivity index (χ3n) is 3.11. The molecular weight excluding hydrogens is 340 g/mol. The van der Waals surface area contributed by atoms with E-state index >= 15 is 0 Å². The number of hydrogen-bond donors (Lipinski definition) is 0. The first kappa shape index (κ1) is 21.0. The summed E-state index contributed by atoms with van der Waals surface area (Å²) in [5.41, 5.74) is 0. The van der Waals surface area contributed by atoms with Gasteiger partial charge in [-0.15, -0.1) is 11.8 Å². The number of hydrogen-bond acceptors (Lipinski definition) is 6. The Balaban J connectivity index is 0.000000257. The lowest BCUT2D eigenvalue weighted by atomic mass is 10.2. The minimum atomic E-state index is -0.375. The Labute approximate surface area is 153 Å². The summed E-state index contributed by atoms with van der Waals surface area (Å²) >= 11 is 1.66. The van der Waals surface area contributed by atoms with Gasteiger partial charge in [0.25, 0.3) is 0 Å². The van der Waals surface area contributed by atoms with Crippen molar-refractivity contribution in [1.29, 1.82) is 0 Å². The molecule has 1 aromatic rings. The summed E-state index contributed by atoms with van der Waals surface area (Å²) in [5.74, 6) is 0.0306. The number of esters is 2. The van der Waals surface area contributed by atoms with Gasteiger partial charge in [-0.2, -0.15) is 0 Å². The zero-order valence-electron chi connectivity index (χ0n) is 14.2. The first-order chi connectivity index (χ1) is 12.2. The van der Waals surface area contributed by atoms with Gasteiger partial charge in [0.05, 0.1) is 6.10 Å². The maximum absolute atomic E-state index is 10.7. The van der Waals surface area contributed by atoms with Crippen LogP contribution in [0.4, 0.5) is 0 Å². The predicted molar refractivity (Wildman–Crippen MR) is 98.5 cm³/mol. The molecule has 0 N–H and O–H groups in total. The zero-order valence-corrected chi connectivity index (χ0v) is 15.0. The minimum absolute atomic E-state index is 0.110. The fraction of sp³-hybridized carbons (Fsp3) is 0.368. The van der Waals surface area contributed by atoms with Gasteiger partial charge in [-0.1, -0.05) is 31.4 Å². The number of carbonyl (C=O) groups is 2. The van der Waals surface area contributed by atoms with Crippen molar-refractivity contribution < 1.29 is 23.8 Å². The Morgan fingerprint density at radius 1 is 1.16 bits per heavy atom. The van der Waals surface area contributed by atoms with Crippen molar-refractivity contribution in [2.75, 3.05) is 25.6 Å². The molecule has 0 bridgehead atoms. The molecule has 1 aliphatic rings. The summed E-state index contributed by atoms with van der Waals surface area (Å²) in [7, 11) is 0. The van der Waals surface area contributed by atoms with Crippen LogP contribution in [0.15, 0.2) is 60.5 Å². The van der Waals surface area contributed by atoms with Gasteiger partial charge in [-0.25, -0.2) is 9.59 Å². The van der Waals surface area contributed by atoms with E-state index in [0.717, 1.165) is 31.3 Å². The van der Waals surface area contributed by atoms with Crippen molar-refractivity contribution in [1.82, 2.24) is 0 Å². The van der Waals surface area contributed by atoms with Crippen LogP contribution >= 0.6 is 11.8 Å². The third-order valence-corrected chi connectivity index (χ3v) is 4.08. The van der Waals surface area contributed by atoms with Gasteiger partial charge in [-0.3, -0.25) is 0 Å². The van der Waals surface area contributed by atoms with E-state index in [-0.39, 0.29) is 18.0 Å². The van der Waals surface area contributed by atoms with E-state index in [1.807, 2.05) is 30.3 Å². The molecule has 2 rings (SSSR count). The molecule has 1 fully saturated rings. The Hall–Kier alpha value is -2.05. The maximum atomic E-state index is 10.7. The molecule has 136 valence electrons. The van der Waals surface area contributed by atoms with Crippen LogP contribution in [0.3, 0.4) is 0 Å². The molecule has 0 aliphatic carbocycles.